The van der Waals surface area contributed by atoms with Crippen LogP contribution >= 0.6 is 0 Å². The third-order valence-corrected chi connectivity index (χ3v) is 4.76. The highest BCUT2D eigenvalue weighted by Gasteiger charge is 2.25. The molecule has 1 saturated heterocycles. The molecule has 1 aliphatic rings. The van der Waals surface area contributed by atoms with Crippen LogP contribution in [0.4, 0.5) is 5.69 Å². The van der Waals surface area contributed by atoms with Crippen molar-refractivity contribution in [3.8, 4) is 0 Å². The van der Waals surface area contributed by atoms with Crippen LogP contribution in [0.3, 0.4) is 0 Å². The van der Waals surface area contributed by atoms with Crippen molar-refractivity contribution < 1.29 is 14.6 Å². The normalized spacial score (nSPS) is 17.3. The summed E-state index contributed by atoms with van der Waals surface area (Å²) in [4.78, 5) is 18.6. The van der Waals surface area contributed by atoms with Gasteiger partial charge >= 0.3 is 0 Å². The number of ether oxygens (including phenoxy) is 1. The van der Waals surface area contributed by atoms with Gasteiger partial charge in [-0.05, 0) is 38.0 Å². The lowest BCUT2D eigenvalue weighted by molar-refractivity contribution is -0.116. The third-order valence-electron chi connectivity index (χ3n) is 4.76. The molecule has 1 aliphatic heterocycles. The van der Waals surface area contributed by atoms with Crippen LogP contribution in [-0.4, -0.2) is 73.4 Å². The molecule has 1 aromatic carbocycles. The van der Waals surface area contributed by atoms with E-state index < -0.39 is 5.60 Å². The Balaban J connectivity index is 1.91. The van der Waals surface area contributed by atoms with Gasteiger partial charge in [0.25, 0.3) is 0 Å². The molecule has 0 bridgehead atoms. The lowest BCUT2D eigenvalue weighted by atomic mass is 10.1. The summed E-state index contributed by atoms with van der Waals surface area (Å²) in [6.07, 6.45) is 1.34. The van der Waals surface area contributed by atoms with Crippen LogP contribution in [0.25, 0.3) is 0 Å². The largest absolute Gasteiger partial charge is 0.387 e. The number of aliphatic imine (C=N–C) groups is 1. The summed E-state index contributed by atoms with van der Waals surface area (Å²) in [5, 5.41) is 20.1. The fraction of sp³-hybridized carbons (Fsp3) is 0.636. The van der Waals surface area contributed by atoms with Crippen LogP contribution in [0.15, 0.2) is 29.3 Å². The Morgan fingerprint density at radius 1 is 1.27 bits per heavy atom. The highest BCUT2D eigenvalue weighted by Crippen LogP contribution is 2.12. The number of nitrogens with one attached hydrogen (secondary N) is 3. The van der Waals surface area contributed by atoms with Gasteiger partial charge in [0.15, 0.2) is 5.96 Å². The first-order chi connectivity index (χ1) is 14.4. The average Bonchev–Trinajstić information content (AvgIpc) is 2.71. The first-order valence-corrected chi connectivity index (χ1v) is 10.9. The molecule has 1 amide bonds. The molecule has 0 radical (unpaired) electrons. The molecule has 0 saturated carbocycles. The number of carbonyl (C=O) groups is 1. The van der Waals surface area contributed by atoms with Gasteiger partial charge in [-0.15, -0.1) is 0 Å². The van der Waals surface area contributed by atoms with Crippen LogP contribution < -0.4 is 16.0 Å². The number of β-amino-alcohol motifs (C(OH)–C–C–N with tert-alkyl or cyclic N) is 1. The molecular weight excluding hydrogens is 382 g/mol. The molecule has 168 valence electrons. The van der Waals surface area contributed by atoms with Crippen LogP contribution in [0.1, 0.15) is 39.2 Å². The number of nitrogens with zero attached hydrogens (tertiary/aromatic N) is 2. The maximum atomic E-state index is 11.8. The monoisotopic (exact) mass is 419 g/mol. The lowest BCUT2D eigenvalue weighted by Gasteiger charge is -2.34. The number of amides is 1. The fourth-order valence-corrected chi connectivity index (χ4v) is 3.28. The van der Waals surface area contributed by atoms with E-state index in [1.165, 1.54) is 0 Å². The number of aliphatic hydroxyl groups is 1. The molecule has 1 unspecified atom stereocenters. The molecule has 0 spiro atoms. The minimum atomic E-state index is -0.878. The van der Waals surface area contributed by atoms with E-state index in [-0.39, 0.29) is 5.91 Å². The quantitative estimate of drug-likeness (QED) is 0.339. The Kier molecular flexibility index (Phi) is 10.1. The van der Waals surface area contributed by atoms with Crippen molar-refractivity contribution in [1.29, 1.82) is 0 Å². The van der Waals surface area contributed by atoms with E-state index in [1.54, 1.807) is 0 Å². The molecule has 1 aromatic rings. The molecule has 1 heterocycles. The van der Waals surface area contributed by atoms with Crippen molar-refractivity contribution in [2.75, 3.05) is 51.3 Å². The van der Waals surface area contributed by atoms with E-state index >= 15 is 0 Å². The molecule has 30 heavy (non-hydrogen) atoms. The van der Waals surface area contributed by atoms with E-state index in [0.717, 1.165) is 37.3 Å². The van der Waals surface area contributed by atoms with Crippen molar-refractivity contribution in [1.82, 2.24) is 15.5 Å². The standard InChI is InChI=1S/C22H37N5O3/c1-4-7-20(28)26-19-9-6-8-18(14-19)15-24-21(23-5-2)25-16-22(3,29)17-27-10-12-30-13-11-27/h6,8-9,14,29H,4-5,7,10-13,15-17H2,1-3H3,(H,26,28)(H2,23,24,25). The van der Waals surface area contributed by atoms with E-state index in [2.05, 4.69) is 25.8 Å². The zero-order valence-electron chi connectivity index (χ0n) is 18.5. The Morgan fingerprint density at radius 2 is 2.03 bits per heavy atom. The first-order valence-electron chi connectivity index (χ1n) is 10.9. The second-order valence-electron chi connectivity index (χ2n) is 7.93. The summed E-state index contributed by atoms with van der Waals surface area (Å²) in [6.45, 7) is 11.1. The molecular formula is C22H37N5O3. The number of hydrogen-bond acceptors (Lipinski definition) is 5. The maximum Gasteiger partial charge on any atom is 0.224 e. The zero-order chi connectivity index (χ0) is 21.8. The summed E-state index contributed by atoms with van der Waals surface area (Å²) in [6, 6.07) is 7.72. The number of benzene rings is 1. The van der Waals surface area contributed by atoms with Gasteiger partial charge in [-0.1, -0.05) is 19.1 Å². The number of guanidine groups is 1. The van der Waals surface area contributed by atoms with Crippen molar-refractivity contribution >= 4 is 17.6 Å². The number of morpholine rings is 1. The smallest absolute Gasteiger partial charge is 0.224 e. The zero-order valence-corrected chi connectivity index (χ0v) is 18.5. The van der Waals surface area contributed by atoms with Gasteiger partial charge in [0, 0.05) is 44.8 Å². The molecule has 0 aliphatic carbocycles. The van der Waals surface area contributed by atoms with E-state index in [0.29, 0.717) is 45.2 Å². The number of rotatable bonds is 10. The van der Waals surface area contributed by atoms with Gasteiger partial charge in [0.2, 0.25) is 5.91 Å². The molecule has 2 rings (SSSR count). The molecule has 8 nitrogen and oxygen atoms in total. The first kappa shape index (κ1) is 24.1. The lowest BCUT2D eigenvalue weighted by Crippen LogP contribution is -2.52. The molecule has 0 aromatic heterocycles. The second kappa shape index (κ2) is 12.5. The van der Waals surface area contributed by atoms with Crippen molar-refractivity contribution in [3.63, 3.8) is 0 Å². The van der Waals surface area contributed by atoms with Crippen LogP contribution in [0.2, 0.25) is 0 Å². The van der Waals surface area contributed by atoms with Crippen LogP contribution in [0, 0.1) is 0 Å². The number of hydrogen-bond donors (Lipinski definition) is 4. The molecule has 8 heteroatoms. The minimum Gasteiger partial charge on any atom is -0.387 e. The Hall–Kier alpha value is -2.16. The Morgan fingerprint density at radius 3 is 2.73 bits per heavy atom. The molecule has 1 atom stereocenters. The van der Waals surface area contributed by atoms with Crippen molar-refractivity contribution in [2.45, 2.75) is 45.8 Å². The summed E-state index contributed by atoms with van der Waals surface area (Å²) in [5.74, 6) is 0.677. The maximum absolute atomic E-state index is 11.8. The minimum absolute atomic E-state index is 0.0238. The van der Waals surface area contributed by atoms with E-state index in [9.17, 15) is 9.90 Å². The summed E-state index contributed by atoms with van der Waals surface area (Å²) in [5.41, 5.74) is 0.908. The van der Waals surface area contributed by atoms with Crippen molar-refractivity contribution in [2.24, 2.45) is 4.99 Å². The Labute approximate surface area is 180 Å². The second-order valence-corrected chi connectivity index (χ2v) is 7.93. The fourth-order valence-electron chi connectivity index (χ4n) is 3.28. The van der Waals surface area contributed by atoms with Gasteiger partial charge < -0.3 is 25.8 Å². The summed E-state index contributed by atoms with van der Waals surface area (Å²) in [7, 11) is 0. The SMILES string of the molecule is CCCC(=O)Nc1cccc(CN=C(NCC)NCC(C)(O)CN2CCOCC2)c1. The predicted molar refractivity (Wildman–Crippen MR) is 121 cm³/mol. The van der Waals surface area contributed by atoms with Crippen LogP contribution in [-0.2, 0) is 16.1 Å². The predicted octanol–water partition coefficient (Wildman–Crippen LogP) is 1.56. The van der Waals surface area contributed by atoms with Crippen LogP contribution in [0.5, 0.6) is 0 Å². The summed E-state index contributed by atoms with van der Waals surface area (Å²) >= 11 is 0. The van der Waals surface area contributed by atoms with Gasteiger partial charge in [0.05, 0.1) is 25.4 Å². The molecule has 1 fully saturated rings. The van der Waals surface area contributed by atoms with Gasteiger partial charge in [-0.25, -0.2) is 4.99 Å². The van der Waals surface area contributed by atoms with E-state index in [1.807, 2.05) is 45.0 Å². The Bertz CT molecular complexity index is 687. The number of carbonyl (C=O) groups excluding carboxylic acids is 1. The van der Waals surface area contributed by atoms with Gasteiger partial charge in [-0.3, -0.25) is 9.69 Å². The third kappa shape index (κ3) is 9.11. The topological polar surface area (TPSA) is 98.2 Å². The highest BCUT2D eigenvalue weighted by atomic mass is 16.5. The number of anilines is 1. The van der Waals surface area contributed by atoms with E-state index in [4.69, 9.17) is 4.74 Å². The molecule has 4 N–H and O–H groups in total. The van der Waals surface area contributed by atoms with Gasteiger partial charge in [0.1, 0.15) is 0 Å². The van der Waals surface area contributed by atoms with Crippen molar-refractivity contribution in [3.05, 3.63) is 29.8 Å². The average molecular weight is 420 g/mol. The summed E-state index contributed by atoms with van der Waals surface area (Å²) < 4.78 is 5.37. The van der Waals surface area contributed by atoms with Gasteiger partial charge in [-0.2, -0.15) is 0 Å². The highest BCUT2D eigenvalue weighted by molar-refractivity contribution is 5.90.